The van der Waals surface area contributed by atoms with Crippen molar-refractivity contribution in [2.24, 2.45) is 0 Å². The van der Waals surface area contributed by atoms with Crippen molar-refractivity contribution in [3.8, 4) is 0 Å². The minimum atomic E-state index is -0.216. The Morgan fingerprint density at radius 2 is 2.15 bits per heavy atom. The number of amides is 1. The van der Waals surface area contributed by atoms with E-state index in [-0.39, 0.29) is 17.4 Å². The molecule has 0 aliphatic heterocycles. The lowest BCUT2D eigenvalue weighted by Gasteiger charge is -2.15. The van der Waals surface area contributed by atoms with Crippen molar-refractivity contribution in [2.75, 3.05) is 0 Å². The van der Waals surface area contributed by atoms with Gasteiger partial charge in [-0.3, -0.25) is 4.79 Å². The first-order valence-electron chi connectivity index (χ1n) is 6.61. The molecule has 2 aromatic heterocycles. The van der Waals surface area contributed by atoms with E-state index in [0.29, 0.717) is 5.76 Å². The van der Waals surface area contributed by atoms with E-state index in [1.807, 2.05) is 52.1 Å². The smallest absolute Gasteiger partial charge is 0.290 e. The van der Waals surface area contributed by atoms with Gasteiger partial charge in [0.25, 0.3) is 5.91 Å². The quantitative estimate of drug-likeness (QED) is 0.935. The number of rotatable bonds is 3. The lowest BCUT2D eigenvalue weighted by molar-refractivity contribution is 0.0902. The Hall–Kier alpha value is -1.62. The van der Waals surface area contributed by atoms with E-state index in [2.05, 4.69) is 10.5 Å². The van der Waals surface area contributed by atoms with Crippen LogP contribution in [0.5, 0.6) is 0 Å². The second kappa shape index (κ2) is 5.40. The highest BCUT2D eigenvalue weighted by atomic mass is 32.1. The first-order chi connectivity index (χ1) is 9.30. The predicted octanol–water partition coefficient (Wildman–Crippen LogP) is 3.83. The molecule has 0 fully saturated rings. The standard InChI is InChI=1S/C15H20N2O2S/c1-9-12(19-17-13(9)15(3,4)5)14(18)16-10(2)11-7-6-8-20-11/h6-8,10H,1-5H3,(H,16,18)/t10-/m1/s1. The Bertz CT molecular complexity index is 594. The van der Waals surface area contributed by atoms with Crippen LogP contribution >= 0.6 is 11.3 Å². The maximum absolute atomic E-state index is 12.3. The average molecular weight is 292 g/mol. The average Bonchev–Trinajstić information content (AvgIpc) is 2.95. The van der Waals surface area contributed by atoms with Crippen LogP contribution in [0.1, 0.15) is 60.4 Å². The number of nitrogens with zero attached hydrogens (tertiary/aromatic N) is 1. The summed E-state index contributed by atoms with van der Waals surface area (Å²) < 4.78 is 5.24. The Kier molecular flexibility index (Phi) is 3.99. The van der Waals surface area contributed by atoms with Crippen LogP contribution in [0.15, 0.2) is 22.0 Å². The topological polar surface area (TPSA) is 55.1 Å². The monoisotopic (exact) mass is 292 g/mol. The molecule has 0 aliphatic carbocycles. The number of hydrogen-bond donors (Lipinski definition) is 1. The summed E-state index contributed by atoms with van der Waals surface area (Å²) in [7, 11) is 0. The van der Waals surface area contributed by atoms with Gasteiger partial charge in [0.05, 0.1) is 11.7 Å². The van der Waals surface area contributed by atoms with Crippen molar-refractivity contribution in [3.63, 3.8) is 0 Å². The summed E-state index contributed by atoms with van der Waals surface area (Å²) in [6.45, 7) is 9.98. The predicted molar refractivity (Wildman–Crippen MR) is 80.1 cm³/mol. The first kappa shape index (κ1) is 14.8. The molecule has 20 heavy (non-hydrogen) atoms. The lowest BCUT2D eigenvalue weighted by atomic mass is 9.89. The minimum Gasteiger partial charge on any atom is -0.350 e. The maximum atomic E-state index is 12.3. The van der Waals surface area contributed by atoms with Gasteiger partial charge in [-0.1, -0.05) is 32.0 Å². The first-order valence-corrected chi connectivity index (χ1v) is 7.49. The number of nitrogens with one attached hydrogen (secondary N) is 1. The Morgan fingerprint density at radius 3 is 2.65 bits per heavy atom. The fourth-order valence-corrected chi connectivity index (χ4v) is 2.85. The van der Waals surface area contributed by atoms with Crippen LogP contribution in [0.25, 0.3) is 0 Å². The number of thiophene rings is 1. The molecule has 2 rings (SSSR count). The molecule has 1 atom stereocenters. The summed E-state index contributed by atoms with van der Waals surface area (Å²) in [4.78, 5) is 13.4. The van der Waals surface area contributed by atoms with Crippen molar-refractivity contribution in [3.05, 3.63) is 39.4 Å². The van der Waals surface area contributed by atoms with Crippen LogP contribution in [0, 0.1) is 6.92 Å². The van der Waals surface area contributed by atoms with Gasteiger partial charge < -0.3 is 9.84 Å². The van der Waals surface area contributed by atoms with Crippen molar-refractivity contribution in [1.29, 1.82) is 0 Å². The summed E-state index contributed by atoms with van der Waals surface area (Å²) >= 11 is 1.62. The molecule has 108 valence electrons. The van der Waals surface area contributed by atoms with Gasteiger partial charge in [-0.25, -0.2) is 0 Å². The van der Waals surface area contributed by atoms with Gasteiger partial charge in [0.15, 0.2) is 0 Å². The molecule has 0 radical (unpaired) electrons. The maximum Gasteiger partial charge on any atom is 0.290 e. The van der Waals surface area contributed by atoms with Gasteiger partial charge in [-0.2, -0.15) is 0 Å². The SMILES string of the molecule is Cc1c(C(C)(C)C)noc1C(=O)N[C@H](C)c1cccs1. The lowest BCUT2D eigenvalue weighted by Crippen LogP contribution is -2.26. The Balaban J connectivity index is 2.16. The van der Waals surface area contributed by atoms with Gasteiger partial charge in [-0.15, -0.1) is 11.3 Å². The third-order valence-corrected chi connectivity index (χ3v) is 4.21. The molecule has 0 unspecified atom stereocenters. The highest BCUT2D eigenvalue weighted by molar-refractivity contribution is 7.10. The highest BCUT2D eigenvalue weighted by Gasteiger charge is 2.27. The van der Waals surface area contributed by atoms with Crippen molar-refractivity contribution in [2.45, 2.75) is 46.1 Å². The number of aromatic nitrogens is 1. The van der Waals surface area contributed by atoms with E-state index in [0.717, 1.165) is 16.1 Å². The van der Waals surface area contributed by atoms with Gasteiger partial charge in [-0.05, 0) is 25.3 Å². The second-order valence-corrected chi connectivity index (χ2v) is 6.93. The zero-order chi connectivity index (χ0) is 14.9. The molecule has 1 amide bonds. The fraction of sp³-hybridized carbons (Fsp3) is 0.467. The summed E-state index contributed by atoms with van der Waals surface area (Å²) in [6, 6.07) is 3.94. The van der Waals surface area contributed by atoms with Crippen LogP contribution in [-0.2, 0) is 5.41 Å². The van der Waals surface area contributed by atoms with Gasteiger partial charge in [0, 0.05) is 15.9 Å². The summed E-state index contributed by atoms with van der Waals surface area (Å²) in [5.74, 6) is 0.0877. The second-order valence-electron chi connectivity index (χ2n) is 5.95. The van der Waals surface area contributed by atoms with Crippen LogP contribution in [-0.4, -0.2) is 11.1 Å². The van der Waals surface area contributed by atoms with E-state index in [9.17, 15) is 4.79 Å². The summed E-state index contributed by atoms with van der Waals surface area (Å²) in [5, 5.41) is 8.98. The van der Waals surface area contributed by atoms with Crippen LogP contribution < -0.4 is 5.32 Å². The van der Waals surface area contributed by atoms with Gasteiger partial charge >= 0.3 is 0 Å². The molecule has 0 aliphatic rings. The summed E-state index contributed by atoms with van der Waals surface area (Å²) in [5.41, 5.74) is 1.51. The van der Waals surface area contributed by atoms with Crippen molar-refractivity contribution < 1.29 is 9.32 Å². The van der Waals surface area contributed by atoms with E-state index < -0.39 is 0 Å². The normalized spacial score (nSPS) is 13.2. The van der Waals surface area contributed by atoms with E-state index in [4.69, 9.17) is 4.52 Å². The third-order valence-electron chi connectivity index (χ3n) is 3.16. The Morgan fingerprint density at radius 1 is 1.45 bits per heavy atom. The third kappa shape index (κ3) is 2.93. The molecule has 0 spiro atoms. The molecule has 0 saturated carbocycles. The molecular weight excluding hydrogens is 272 g/mol. The zero-order valence-corrected chi connectivity index (χ0v) is 13.3. The molecule has 4 nitrogen and oxygen atoms in total. The largest absolute Gasteiger partial charge is 0.350 e. The minimum absolute atomic E-state index is 0.0370. The van der Waals surface area contributed by atoms with E-state index >= 15 is 0 Å². The molecule has 1 N–H and O–H groups in total. The summed E-state index contributed by atoms with van der Waals surface area (Å²) in [6.07, 6.45) is 0. The Labute approximate surface area is 123 Å². The fourth-order valence-electron chi connectivity index (χ4n) is 2.12. The molecule has 2 aromatic rings. The van der Waals surface area contributed by atoms with E-state index in [1.165, 1.54) is 0 Å². The zero-order valence-electron chi connectivity index (χ0n) is 12.5. The molecule has 0 aromatic carbocycles. The van der Waals surface area contributed by atoms with E-state index in [1.54, 1.807) is 11.3 Å². The number of carbonyl (C=O) groups excluding carboxylic acids is 1. The van der Waals surface area contributed by atoms with Gasteiger partial charge in [0.2, 0.25) is 5.76 Å². The van der Waals surface area contributed by atoms with Crippen molar-refractivity contribution in [1.82, 2.24) is 10.5 Å². The molecule has 0 saturated heterocycles. The van der Waals surface area contributed by atoms with Crippen LogP contribution in [0.2, 0.25) is 0 Å². The highest BCUT2D eigenvalue weighted by Crippen LogP contribution is 2.27. The van der Waals surface area contributed by atoms with Gasteiger partial charge in [0.1, 0.15) is 0 Å². The van der Waals surface area contributed by atoms with Crippen LogP contribution in [0.3, 0.4) is 0 Å². The molecule has 5 heteroatoms. The number of carbonyl (C=O) groups is 1. The number of hydrogen-bond acceptors (Lipinski definition) is 4. The van der Waals surface area contributed by atoms with Crippen LogP contribution in [0.4, 0.5) is 0 Å². The molecule has 2 heterocycles. The molecular formula is C15H20N2O2S. The van der Waals surface area contributed by atoms with Crippen molar-refractivity contribution >= 4 is 17.2 Å². The molecule has 0 bridgehead atoms.